The van der Waals surface area contributed by atoms with E-state index in [0.717, 1.165) is 12.7 Å². The SMILES string of the molecule is CC1(CCC=O)N=N1. The van der Waals surface area contributed by atoms with Gasteiger partial charge in [0.2, 0.25) is 0 Å². The minimum Gasteiger partial charge on any atom is -0.303 e. The van der Waals surface area contributed by atoms with Crippen LogP contribution in [0.1, 0.15) is 19.8 Å². The van der Waals surface area contributed by atoms with Crippen molar-refractivity contribution in [3.63, 3.8) is 0 Å². The summed E-state index contributed by atoms with van der Waals surface area (Å²) in [6.45, 7) is 1.91. The van der Waals surface area contributed by atoms with E-state index in [1.54, 1.807) is 0 Å². The van der Waals surface area contributed by atoms with E-state index >= 15 is 0 Å². The molecule has 8 heavy (non-hydrogen) atoms. The number of rotatable bonds is 3. The standard InChI is InChI=1S/C5H8N2O/c1-5(6-7-5)3-2-4-8/h4H,2-3H2,1H3. The van der Waals surface area contributed by atoms with Gasteiger partial charge in [0.1, 0.15) is 6.29 Å². The van der Waals surface area contributed by atoms with E-state index in [1.165, 1.54) is 0 Å². The monoisotopic (exact) mass is 112 g/mol. The first kappa shape index (κ1) is 5.41. The first-order chi connectivity index (χ1) is 3.77. The molecule has 0 aromatic heterocycles. The van der Waals surface area contributed by atoms with Crippen molar-refractivity contribution >= 4 is 6.29 Å². The Balaban J connectivity index is 2.11. The van der Waals surface area contributed by atoms with Gasteiger partial charge in [-0.1, -0.05) is 0 Å². The average Bonchev–Trinajstić information content (AvgIpc) is 2.45. The van der Waals surface area contributed by atoms with Crippen LogP contribution in [-0.2, 0) is 4.79 Å². The third kappa shape index (κ3) is 1.12. The molecule has 0 unspecified atom stereocenters. The highest BCUT2D eigenvalue weighted by atomic mass is 16.1. The third-order valence-corrected chi connectivity index (χ3v) is 1.18. The summed E-state index contributed by atoms with van der Waals surface area (Å²) in [4.78, 5) is 9.80. The molecule has 0 spiro atoms. The van der Waals surface area contributed by atoms with Crippen molar-refractivity contribution in [3.8, 4) is 0 Å². The smallest absolute Gasteiger partial charge is 0.188 e. The molecule has 0 amide bonds. The van der Waals surface area contributed by atoms with Crippen molar-refractivity contribution in [3.05, 3.63) is 0 Å². The topological polar surface area (TPSA) is 41.8 Å². The molecule has 1 aliphatic heterocycles. The molecule has 0 bridgehead atoms. The van der Waals surface area contributed by atoms with Gasteiger partial charge >= 0.3 is 0 Å². The summed E-state index contributed by atoms with van der Waals surface area (Å²) in [5, 5.41) is 7.48. The van der Waals surface area contributed by atoms with Crippen LogP contribution in [0.4, 0.5) is 0 Å². The highest BCUT2D eigenvalue weighted by molar-refractivity contribution is 5.49. The lowest BCUT2D eigenvalue weighted by molar-refractivity contribution is -0.108. The van der Waals surface area contributed by atoms with Crippen LogP contribution in [0.5, 0.6) is 0 Å². The van der Waals surface area contributed by atoms with Crippen molar-refractivity contribution < 1.29 is 4.79 Å². The van der Waals surface area contributed by atoms with Crippen LogP contribution >= 0.6 is 0 Å². The Morgan fingerprint density at radius 2 is 2.25 bits per heavy atom. The fourth-order valence-corrected chi connectivity index (χ4v) is 0.518. The van der Waals surface area contributed by atoms with E-state index in [-0.39, 0.29) is 5.66 Å². The Morgan fingerprint density at radius 1 is 1.62 bits per heavy atom. The normalized spacial score (nSPS) is 20.6. The van der Waals surface area contributed by atoms with E-state index in [2.05, 4.69) is 10.2 Å². The lowest BCUT2D eigenvalue weighted by Gasteiger charge is -1.95. The molecular formula is C5H8N2O. The van der Waals surface area contributed by atoms with Gasteiger partial charge in [-0.2, -0.15) is 10.2 Å². The lowest BCUT2D eigenvalue weighted by atomic mass is 10.1. The maximum atomic E-state index is 9.80. The minimum absolute atomic E-state index is 0.180. The number of hydrogen-bond acceptors (Lipinski definition) is 3. The maximum absolute atomic E-state index is 9.80. The molecule has 0 aromatic carbocycles. The van der Waals surface area contributed by atoms with Gasteiger partial charge in [-0.3, -0.25) is 0 Å². The molecule has 0 atom stereocenters. The number of hydrogen-bond donors (Lipinski definition) is 0. The molecule has 0 aromatic rings. The van der Waals surface area contributed by atoms with E-state index in [4.69, 9.17) is 0 Å². The number of aldehydes is 1. The van der Waals surface area contributed by atoms with Crippen molar-refractivity contribution in [1.29, 1.82) is 0 Å². The van der Waals surface area contributed by atoms with Gasteiger partial charge < -0.3 is 4.79 Å². The molecule has 44 valence electrons. The summed E-state index contributed by atoms with van der Waals surface area (Å²) in [7, 11) is 0. The zero-order chi connectivity index (χ0) is 6.04. The fourth-order valence-electron chi connectivity index (χ4n) is 0.518. The predicted octanol–water partition coefficient (Wildman–Crippen LogP) is 1.15. The summed E-state index contributed by atoms with van der Waals surface area (Å²) in [6, 6.07) is 0. The zero-order valence-electron chi connectivity index (χ0n) is 4.79. The molecular weight excluding hydrogens is 104 g/mol. The molecule has 1 rings (SSSR count). The quantitative estimate of drug-likeness (QED) is 0.505. The maximum Gasteiger partial charge on any atom is 0.188 e. The van der Waals surface area contributed by atoms with Crippen LogP contribution in [0.25, 0.3) is 0 Å². The second kappa shape index (κ2) is 1.65. The molecule has 0 radical (unpaired) electrons. The molecule has 0 saturated carbocycles. The molecule has 0 saturated heterocycles. The van der Waals surface area contributed by atoms with Crippen molar-refractivity contribution in [1.82, 2.24) is 0 Å². The average molecular weight is 112 g/mol. The van der Waals surface area contributed by atoms with Crippen molar-refractivity contribution in [2.75, 3.05) is 0 Å². The number of nitrogens with zero attached hydrogens (tertiary/aromatic N) is 2. The van der Waals surface area contributed by atoms with Crippen LogP contribution in [-0.4, -0.2) is 11.9 Å². The summed E-state index contributed by atoms with van der Waals surface area (Å²) >= 11 is 0. The minimum atomic E-state index is -0.180. The van der Waals surface area contributed by atoms with E-state index < -0.39 is 0 Å². The van der Waals surface area contributed by atoms with Gasteiger partial charge in [0.15, 0.2) is 5.66 Å². The zero-order valence-corrected chi connectivity index (χ0v) is 4.79. The fraction of sp³-hybridized carbons (Fsp3) is 0.800. The van der Waals surface area contributed by atoms with Crippen molar-refractivity contribution in [2.24, 2.45) is 10.2 Å². The number of carbonyl (C=O) groups excluding carboxylic acids is 1. The van der Waals surface area contributed by atoms with Gasteiger partial charge in [0, 0.05) is 12.8 Å². The van der Waals surface area contributed by atoms with E-state index in [1.807, 2.05) is 6.92 Å². The molecule has 3 nitrogen and oxygen atoms in total. The van der Waals surface area contributed by atoms with Crippen LogP contribution in [0, 0.1) is 0 Å². The van der Waals surface area contributed by atoms with Gasteiger partial charge in [-0.25, -0.2) is 0 Å². The second-order valence-corrected chi connectivity index (χ2v) is 2.12. The van der Waals surface area contributed by atoms with E-state index in [9.17, 15) is 4.79 Å². The Hall–Kier alpha value is -0.730. The van der Waals surface area contributed by atoms with E-state index in [0.29, 0.717) is 6.42 Å². The molecule has 1 heterocycles. The molecule has 3 heteroatoms. The highest BCUT2D eigenvalue weighted by Crippen LogP contribution is 2.31. The molecule has 1 aliphatic rings. The van der Waals surface area contributed by atoms with Gasteiger partial charge in [0.05, 0.1) is 0 Å². The van der Waals surface area contributed by atoms with Gasteiger partial charge in [0.25, 0.3) is 0 Å². The van der Waals surface area contributed by atoms with Crippen LogP contribution in [0.3, 0.4) is 0 Å². The Morgan fingerprint density at radius 3 is 2.62 bits per heavy atom. The first-order valence-electron chi connectivity index (χ1n) is 2.64. The Bertz CT molecular complexity index is 124. The summed E-state index contributed by atoms with van der Waals surface area (Å²) in [5.74, 6) is 0. The lowest BCUT2D eigenvalue weighted by Crippen LogP contribution is -2.02. The van der Waals surface area contributed by atoms with Crippen molar-refractivity contribution in [2.45, 2.75) is 25.4 Å². The predicted molar refractivity (Wildman–Crippen MR) is 28.6 cm³/mol. The second-order valence-electron chi connectivity index (χ2n) is 2.12. The molecule has 0 fully saturated rings. The Labute approximate surface area is 47.8 Å². The summed E-state index contributed by atoms with van der Waals surface area (Å²) in [5.41, 5.74) is -0.180. The number of carbonyl (C=O) groups is 1. The van der Waals surface area contributed by atoms with Gasteiger partial charge in [-0.05, 0) is 6.92 Å². The largest absolute Gasteiger partial charge is 0.303 e. The summed E-state index contributed by atoms with van der Waals surface area (Å²) < 4.78 is 0. The molecule has 0 aliphatic carbocycles. The summed E-state index contributed by atoms with van der Waals surface area (Å²) in [6.07, 6.45) is 2.24. The van der Waals surface area contributed by atoms with Crippen LogP contribution in [0.2, 0.25) is 0 Å². The van der Waals surface area contributed by atoms with Gasteiger partial charge in [-0.15, -0.1) is 0 Å². The Kier molecular flexibility index (Phi) is 1.12. The first-order valence-corrected chi connectivity index (χ1v) is 2.64. The van der Waals surface area contributed by atoms with Crippen LogP contribution < -0.4 is 0 Å². The highest BCUT2D eigenvalue weighted by Gasteiger charge is 2.32. The van der Waals surface area contributed by atoms with Crippen LogP contribution in [0.15, 0.2) is 10.2 Å². The molecule has 0 N–H and O–H groups in total. The third-order valence-electron chi connectivity index (χ3n) is 1.18.